The number of carbonyl (C=O) groups is 1. The van der Waals surface area contributed by atoms with Gasteiger partial charge >= 0.3 is 0 Å². The maximum atomic E-state index is 13.1. The summed E-state index contributed by atoms with van der Waals surface area (Å²) >= 11 is 0. The summed E-state index contributed by atoms with van der Waals surface area (Å²) in [5.74, 6) is 1.78. The number of fused-ring (bicyclic) bond motifs is 5. The monoisotopic (exact) mass is 307 g/mol. The Morgan fingerprint density at radius 1 is 1.09 bits per heavy atom. The highest BCUT2D eigenvalue weighted by atomic mass is 16.5. The van der Waals surface area contributed by atoms with E-state index in [0.29, 0.717) is 6.61 Å². The van der Waals surface area contributed by atoms with Gasteiger partial charge in [-0.25, -0.2) is 0 Å². The van der Waals surface area contributed by atoms with Crippen molar-refractivity contribution in [2.24, 2.45) is 0 Å². The van der Waals surface area contributed by atoms with Crippen LogP contribution in [0, 0.1) is 0 Å². The van der Waals surface area contributed by atoms with Crippen LogP contribution in [0.1, 0.15) is 23.1 Å². The lowest BCUT2D eigenvalue weighted by Gasteiger charge is -2.23. The Kier molecular flexibility index (Phi) is 2.42. The van der Waals surface area contributed by atoms with Crippen molar-refractivity contribution in [1.82, 2.24) is 0 Å². The quantitative estimate of drug-likeness (QED) is 0.751. The molecule has 1 unspecified atom stereocenters. The molecule has 2 aromatic rings. The van der Waals surface area contributed by atoms with Crippen molar-refractivity contribution in [3.8, 4) is 11.5 Å². The maximum absolute atomic E-state index is 13.1. The Labute approximate surface area is 134 Å². The zero-order valence-electron chi connectivity index (χ0n) is 13.0. The third-order valence-electron chi connectivity index (χ3n) is 5.31. The highest BCUT2D eigenvalue weighted by molar-refractivity contribution is 6.11. The van der Waals surface area contributed by atoms with Crippen molar-refractivity contribution in [3.63, 3.8) is 0 Å². The average molecular weight is 307 g/mol. The number of hydrogen-bond donors (Lipinski definition) is 0. The van der Waals surface area contributed by atoms with Gasteiger partial charge in [0.05, 0.1) is 6.61 Å². The second-order valence-electron chi connectivity index (χ2n) is 6.48. The lowest BCUT2D eigenvalue weighted by Crippen LogP contribution is -2.41. The number of nitrogens with zero attached hydrogens (tertiary/aromatic N) is 1. The lowest BCUT2D eigenvalue weighted by molar-refractivity contribution is -0.121. The molecule has 3 aliphatic rings. The number of carbonyl (C=O) groups excluding carboxylic acids is 1. The second-order valence-corrected chi connectivity index (χ2v) is 6.48. The predicted molar refractivity (Wildman–Crippen MR) is 86.4 cm³/mol. The van der Waals surface area contributed by atoms with Crippen LogP contribution in [0.5, 0.6) is 11.5 Å². The molecule has 5 rings (SSSR count). The van der Waals surface area contributed by atoms with Crippen LogP contribution in [-0.2, 0) is 16.6 Å². The van der Waals surface area contributed by atoms with Crippen molar-refractivity contribution >= 4 is 11.6 Å². The molecule has 2 aromatic carbocycles. The fourth-order valence-electron chi connectivity index (χ4n) is 4.13. The average Bonchev–Trinajstić information content (AvgIpc) is 3.07. The van der Waals surface area contributed by atoms with E-state index in [4.69, 9.17) is 9.47 Å². The number of likely N-dealkylation sites (N-methyl/N-ethyl adjacent to an activating group) is 1. The Hall–Kier alpha value is -2.49. The van der Waals surface area contributed by atoms with Gasteiger partial charge in [0.25, 0.3) is 0 Å². The van der Waals surface area contributed by atoms with Gasteiger partial charge in [0, 0.05) is 24.4 Å². The molecular formula is C19H17NO3. The normalized spacial score (nSPS) is 24.0. The first-order chi connectivity index (χ1) is 11.2. The van der Waals surface area contributed by atoms with Crippen molar-refractivity contribution in [1.29, 1.82) is 0 Å². The minimum absolute atomic E-state index is 0.0918. The largest absolute Gasteiger partial charge is 0.493 e. The van der Waals surface area contributed by atoms with Crippen LogP contribution in [0.2, 0.25) is 0 Å². The molecule has 0 fully saturated rings. The van der Waals surface area contributed by atoms with E-state index >= 15 is 0 Å². The first kappa shape index (κ1) is 13.0. The zero-order chi connectivity index (χ0) is 15.6. The SMILES string of the molecule is CN1C(=O)C2(COc3cc4c(cc32)CCCO4)c2ccccc21. The van der Waals surface area contributed by atoms with E-state index in [2.05, 4.69) is 6.07 Å². The molecule has 1 spiro atoms. The fourth-order valence-corrected chi connectivity index (χ4v) is 4.13. The maximum Gasteiger partial charge on any atom is 0.245 e. The first-order valence-corrected chi connectivity index (χ1v) is 8.02. The highest BCUT2D eigenvalue weighted by Gasteiger charge is 2.56. The van der Waals surface area contributed by atoms with Crippen LogP contribution in [0.4, 0.5) is 5.69 Å². The smallest absolute Gasteiger partial charge is 0.245 e. The van der Waals surface area contributed by atoms with Gasteiger partial charge < -0.3 is 14.4 Å². The summed E-state index contributed by atoms with van der Waals surface area (Å²) in [6.07, 6.45) is 2.01. The van der Waals surface area contributed by atoms with Gasteiger partial charge in [-0.15, -0.1) is 0 Å². The molecule has 116 valence electrons. The molecule has 0 aliphatic carbocycles. The Balaban J connectivity index is 1.77. The number of aryl methyl sites for hydroxylation is 1. The number of ether oxygens (including phenoxy) is 2. The van der Waals surface area contributed by atoms with E-state index in [1.165, 1.54) is 5.56 Å². The van der Waals surface area contributed by atoms with Crippen LogP contribution in [0.15, 0.2) is 36.4 Å². The Morgan fingerprint density at radius 3 is 2.87 bits per heavy atom. The number of hydrogen-bond acceptors (Lipinski definition) is 3. The molecule has 0 aromatic heterocycles. The summed E-state index contributed by atoms with van der Waals surface area (Å²) in [7, 11) is 1.84. The molecule has 4 heteroatoms. The predicted octanol–water partition coefficient (Wildman–Crippen LogP) is 2.67. The third-order valence-corrected chi connectivity index (χ3v) is 5.31. The van der Waals surface area contributed by atoms with E-state index in [-0.39, 0.29) is 5.91 Å². The van der Waals surface area contributed by atoms with E-state index in [0.717, 1.165) is 47.8 Å². The van der Waals surface area contributed by atoms with Gasteiger partial charge in [0.15, 0.2) is 0 Å². The highest BCUT2D eigenvalue weighted by Crippen LogP contribution is 2.53. The summed E-state index contributed by atoms with van der Waals surface area (Å²) in [6, 6.07) is 12.1. The molecule has 3 heterocycles. The molecular weight excluding hydrogens is 290 g/mol. The van der Waals surface area contributed by atoms with Gasteiger partial charge in [-0.1, -0.05) is 18.2 Å². The Bertz CT molecular complexity index is 845. The van der Waals surface area contributed by atoms with Crippen LogP contribution < -0.4 is 14.4 Å². The molecule has 23 heavy (non-hydrogen) atoms. The second kappa shape index (κ2) is 4.28. The van der Waals surface area contributed by atoms with E-state index in [9.17, 15) is 4.79 Å². The summed E-state index contributed by atoms with van der Waals surface area (Å²) in [6.45, 7) is 1.12. The fraction of sp³-hybridized carbons (Fsp3) is 0.316. The first-order valence-electron chi connectivity index (χ1n) is 8.02. The summed E-state index contributed by atoms with van der Waals surface area (Å²) in [4.78, 5) is 14.9. The van der Waals surface area contributed by atoms with Crippen LogP contribution >= 0.6 is 0 Å². The molecule has 3 aliphatic heterocycles. The van der Waals surface area contributed by atoms with Gasteiger partial charge in [-0.2, -0.15) is 0 Å². The number of benzene rings is 2. The molecule has 0 N–H and O–H groups in total. The summed E-state index contributed by atoms with van der Waals surface area (Å²) in [5.41, 5.74) is 3.49. The van der Waals surface area contributed by atoms with E-state index in [1.54, 1.807) is 4.90 Å². The van der Waals surface area contributed by atoms with Crippen molar-refractivity contribution < 1.29 is 14.3 Å². The van der Waals surface area contributed by atoms with Crippen molar-refractivity contribution in [2.75, 3.05) is 25.2 Å². The van der Waals surface area contributed by atoms with Gasteiger partial charge in [-0.05, 0) is 36.1 Å². The van der Waals surface area contributed by atoms with Crippen LogP contribution in [0.3, 0.4) is 0 Å². The third kappa shape index (κ3) is 1.48. The van der Waals surface area contributed by atoms with E-state index in [1.807, 2.05) is 37.4 Å². The summed E-state index contributed by atoms with van der Waals surface area (Å²) in [5, 5.41) is 0. The van der Waals surface area contributed by atoms with Crippen LogP contribution in [-0.4, -0.2) is 26.2 Å². The van der Waals surface area contributed by atoms with Gasteiger partial charge in [0.2, 0.25) is 5.91 Å². The standard InChI is InChI=1S/C19H17NO3/c1-20-15-7-3-2-6-13(15)19(18(20)21)11-23-17-10-16-12(9-14(17)19)5-4-8-22-16/h2-3,6-7,9-10H,4-5,8,11H2,1H3. The number of para-hydroxylation sites is 1. The molecule has 0 saturated heterocycles. The zero-order valence-corrected chi connectivity index (χ0v) is 13.0. The minimum atomic E-state index is -0.701. The van der Waals surface area contributed by atoms with Gasteiger partial charge in [-0.3, -0.25) is 4.79 Å². The molecule has 0 bridgehead atoms. The summed E-state index contributed by atoms with van der Waals surface area (Å²) < 4.78 is 11.7. The number of amides is 1. The molecule has 4 nitrogen and oxygen atoms in total. The van der Waals surface area contributed by atoms with Crippen molar-refractivity contribution in [3.05, 3.63) is 53.1 Å². The van der Waals surface area contributed by atoms with Crippen LogP contribution in [0.25, 0.3) is 0 Å². The molecule has 1 atom stereocenters. The van der Waals surface area contributed by atoms with E-state index < -0.39 is 5.41 Å². The van der Waals surface area contributed by atoms with Gasteiger partial charge in [0.1, 0.15) is 23.5 Å². The number of rotatable bonds is 0. The number of anilines is 1. The molecule has 0 radical (unpaired) electrons. The lowest BCUT2D eigenvalue weighted by atomic mass is 9.76. The topological polar surface area (TPSA) is 38.8 Å². The molecule has 0 saturated carbocycles. The molecule has 1 amide bonds. The minimum Gasteiger partial charge on any atom is -0.493 e. The van der Waals surface area contributed by atoms with Crippen molar-refractivity contribution in [2.45, 2.75) is 18.3 Å². The Morgan fingerprint density at radius 2 is 1.96 bits per heavy atom.